The van der Waals surface area contributed by atoms with E-state index >= 15 is 0 Å². The van der Waals surface area contributed by atoms with Crippen LogP contribution in [0.4, 0.5) is 5.82 Å². The van der Waals surface area contributed by atoms with Crippen molar-refractivity contribution in [1.82, 2.24) is 20.2 Å². The maximum absolute atomic E-state index is 13.6. The van der Waals surface area contributed by atoms with Gasteiger partial charge in [0.2, 0.25) is 5.91 Å². The van der Waals surface area contributed by atoms with Crippen LogP contribution in [0.3, 0.4) is 0 Å². The van der Waals surface area contributed by atoms with E-state index in [1.807, 2.05) is 30.0 Å². The number of hydrogen-bond donors (Lipinski definition) is 2. The summed E-state index contributed by atoms with van der Waals surface area (Å²) in [6.07, 6.45) is 1.71. The molecule has 3 atom stereocenters. The lowest BCUT2D eigenvalue weighted by atomic mass is 9.95. The zero-order valence-corrected chi connectivity index (χ0v) is 20.6. The largest absolute Gasteiger partial charge is 0.387 e. The first-order chi connectivity index (χ1) is 15.8. The maximum Gasteiger partial charge on any atom is 0.231 e. The third-order valence-electron chi connectivity index (χ3n) is 6.78. The molecule has 4 rings (SSSR count). The van der Waals surface area contributed by atoms with Gasteiger partial charge in [0.1, 0.15) is 12.1 Å². The molecular weight excluding hydrogens is 438 g/mol. The van der Waals surface area contributed by atoms with Crippen molar-refractivity contribution >= 4 is 23.3 Å². The SMILES string of the molecule is Cc1cc([C@@H](CNC(C)C)C(=O)N2CCN(c3ncnc4c3[C@H](C)C[C@H]4O)CC2)ccc1Cl. The summed E-state index contributed by atoms with van der Waals surface area (Å²) < 4.78 is 0. The predicted molar refractivity (Wildman–Crippen MR) is 131 cm³/mol. The zero-order chi connectivity index (χ0) is 23.7. The molecule has 0 unspecified atom stereocenters. The van der Waals surface area contributed by atoms with Crippen molar-refractivity contribution in [2.24, 2.45) is 0 Å². The number of aliphatic hydroxyl groups is 1. The zero-order valence-electron chi connectivity index (χ0n) is 19.9. The van der Waals surface area contributed by atoms with Gasteiger partial charge in [0.05, 0.1) is 17.7 Å². The standard InChI is InChI=1S/C25H34ClN5O2/c1-15(2)27-13-19(18-5-6-20(26)16(3)11-18)25(33)31-9-7-30(8-10-31)24-22-17(4)12-21(32)23(22)28-14-29-24/h5-6,11,14-15,17,19,21,27,32H,7-10,12-13H2,1-4H3/t17-,19-,21-/m1/s1. The van der Waals surface area contributed by atoms with Crippen molar-refractivity contribution in [3.63, 3.8) is 0 Å². The molecule has 1 aliphatic heterocycles. The van der Waals surface area contributed by atoms with Crippen molar-refractivity contribution in [2.75, 3.05) is 37.6 Å². The van der Waals surface area contributed by atoms with Crippen LogP contribution in [-0.4, -0.2) is 64.6 Å². The number of carbonyl (C=O) groups is 1. The number of benzene rings is 1. The first-order valence-electron chi connectivity index (χ1n) is 11.8. The van der Waals surface area contributed by atoms with Gasteiger partial charge in [0.15, 0.2) is 0 Å². The van der Waals surface area contributed by atoms with Gasteiger partial charge < -0.3 is 20.2 Å². The minimum Gasteiger partial charge on any atom is -0.387 e. The second-order valence-corrected chi connectivity index (χ2v) is 9.99. The summed E-state index contributed by atoms with van der Waals surface area (Å²) in [5.74, 6) is 1.02. The maximum atomic E-state index is 13.6. The lowest BCUT2D eigenvalue weighted by Crippen LogP contribution is -2.51. The van der Waals surface area contributed by atoms with E-state index in [4.69, 9.17) is 11.6 Å². The number of aryl methyl sites for hydroxylation is 1. The molecule has 1 amide bonds. The Labute approximate surface area is 201 Å². The fraction of sp³-hybridized carbons (Fsp3) is 0.560. The summed E-state index contributed by atoms with van der Waals surface area (Å²) in [5, 5.41) is 14.5. The van der Waals surface area contributed by atoms with Crippen molar-refractivity contribution in [3.05, 3.63) is 51.9 Å². The van der Waals surface area contributed by atoms with E-state index in [1.165, 1.54) is 0 Å². The first-order valence-corrected chi connectivity index (χ1v) is 12.2. The van der Waals surface area contributed by atoms with Gasteiger partial charge in [-0.25, -0.2) is 9.97 Å². The van der Waals surface area contributed by atoms with E-state index in [9.17, 15) is 9.90 Å². The Hall–Kier alpha value is -2.22. The Bertz CT molecular complexity index is 1010. The van der Waals surface area contributed by atoms with Gasteiger partial charge in [-0.3, -0.25) is 4.79 Å². The monoisotopic (exact) mass is 471 g/mol. The minimum absolute atomic E-state index is 0.140. The van der Waals surface area contributed by atoms with Gasteiger partial charge >= 0.3 is 0 Å². The molecular formula is C25H34ClN5O2. The van der Waals surface area contributed by atoms with Gasteiger partial charge in [0, 0.05) is 49.4 Å². The smallest absolute Gasteiger partial charge is 0.231 e. The van der Waals surface area contributed by atoms with Gasteiger partial charge in [-0.2, -0.15) is 0 Å². The average molecular weight is 472 g/mol. The summed E-state index contributed by atoms with van der Waals surface area (Å²) in [4.78, 5) is 26.7. The van der Waals surface area contributed by atoms with Gasteiger partial charge in [0.25, 0.3) is 0 Å². The molecule has 1 fully saturated rings. The molecule has 1 aromatic heterocycles. The molecule has 33 heavy (non-hydrogen) atoms. The third-order valence-corrected chi connectivity index (χ3v) is 7.21. The second-order valence-electron chi connectivity index (χ2n) is 9.59. The van der Waals surface area contributed by atoms with Crippen LogP contribution in [0.2, 0.25) is 5.02 Å². The Kier molecular flexibility index (Phi) is 7.22. The number of carbonyl (C=O) groups excluding carboxylic acids is 1. The molecule has 7 nitrogen and oxygen atoms in total. The lowest BCUT2D eigenvalue weighted by Gasteiger charge is -2.38. The summed E-state index contributed by atoms with van der Waals surface area (Å²) in [6.45, 7) is 11.6. The number of aromatic nitrogens is 2. The number of hydrogen-bond acceptors (Lipinski definition) is 6. The lowest BCUT2D eigenvalue weighted by molar-refractivity contribution is -0.133. The van der Waals surface area contributed by atoms with E-state index < -0.39 is 6.10 Å². The fourth-order valence-corrected chi connectivity index (χ4v) is 5.02. The van der Waals surface area contributed by atoms with Gasteiger partial charge in [-0.15, -0.1) is 0 Å². The molecule has 0 radical (unpaired) electrons. The Balaban J connectivity index is 1.49. The molecule has 2 N–H and O–H groups in total. The normalized spacial score (nSPS) is 21.4. The van der Waals surface area contributed by atoms with Crippen molar-refractivity contribution < 1.29 is 9.90 Å². The summed E-state index contributed by atoms with van der Waals surface area (Å²) in [6, 6.07) is 6.17. The molecule has 178 valence electrons. The number of nitrogens with zero attached hydrogens (tertiary/aromatic N) is 4. The molecule has 1 aromatic carbocycles. The van der Waals surface area contributed by atoms with Crippen molar-refractivity contribution in [1.29, 1.82) is 0 Å². The molecule has 0 bridgehead atoms. The fourth-order valence-electron chi connectivity index (χ4n) is 4.90. The highest BCUT2D eigenvalue weighted by molar-refractivity contribution is 6.31. The number of halogens is 1. The second kappa shape index (κ2) is 9.95. The quantitative estimate of drug-likeness (QED) is 0.672. The minimum atomic E-state index is -0.517. The van der Waals surface area contributed by atoms with Crippen LogP contribution in [0.5, 0.6) is 0 Å². The predicted octanol–water partition coefficient (Wildman–Crippen LogP) is 3.41. The van der Waals surface area contributed by atoms with Gasteiger partial charge in [-0.1, -0.05) is 44.5 Å². The molecule has 0 saturated carbocycles. The summed E-state index contributed by atoms with van der Waals surface area (Å²) in [7, 11) is 0. The number of amides is 1. The number of piperazine rings is 1. The number of fused-ring (bicyclic) bond motifs is 1. The number of aliphatic hydroxyl groups excluding tert-OH is 1. The number of rotatable bonds is 6. The van der Waals surface area contributed by atoms with Crippen LogP contribution < -0.4 is 10.2 Å². The molecule has 1 aliphatic carbocycles. The molecule has 8 heteroatoms. The highest BCUT2D eigenvalue weighted by Gasteiger charge is 2.35. The van der Waals surface area contributed by atoms with Gasteiger partial charge in [-0.05, 0) is 36.5 Å². The highest BCUT2D eigenvalue weighted by atomic mass is 35.5. The van der Waals surface area contributed by atoms with E-state index in [0.717, 1.165) is 28.2 Å². The molecule has 2 aromatic rings. The van der Waals surface area contributed by atoms with Crippen LogP contribution in [0, 0.1) is 6.92 Å². The van der Waals surface area contributed by atoms with Crippen LogP contribution in [0.15, 0.2) is 24.5 Å². The van der Waals surface area contributed by atoms with Crippen LogP contribution in [0.1, 0.15) is 67.5 Å². The summed E-state index contributed by atoms with van der Waals surface area (Å²) in [5.41, 5.74) is 3.79. The highest BCUT2D eigenvalue weighted by Crippen LogP contribution is 2.42. The molecule has 1 saturated heterocycles. The third kappa shape index (κ3) is 5.00. The number of anilines is 1. The van der Waals surface area contributed by atoms with E-state index in [2.05, 4.69) is 41.0 Å². The number of nitrogens with one attached hydrogen (secondary N) is 1. The van der Waals surface area contributed by atoms with Crippen LogP contribution in [-0.2, 0) is 4.79 Å². The molecule has 2 heterocycles. The van der Waals surface area contributed by atoms with Crippen molar-refractivity contribution in [2.45, 2.75) is 58.1 Å². The molecule has 0 spiro atoms. The Morgan fingerprint density at radius 1 is 1.24 bits per heavy atom. The van der Waals surface area contributed by atoms with Crippen LogP contribution >= 0.6 is 11.6 Å². The van der Waals surface area contributed by atoms with E-state index in [0.29, 0.717) is 50.2 Å². The van der Waals surface area contributed by atoms with E-state index in [1.54, 1.807) is 6.33 Å². The van der Waals surface area contributed by atoms with E-state index in [-0.39, 0.29) is 17.7 Å². The Morgan fingerprint density at radius 3 is 2.64 bits per heavy atom. The topological polar surface area (TPSA) is 81.6 Å². The summed E-state index contributed by atoms with van der Waals surface area (Å²) >= 11 is 6.23. The average Bonchev–Trinajstić information content (AvgIpc) is 3.09. The first kappa shape index (κ1) is 23.9. The van der Waals surface area contributed by atoms with Crippen molar-refractivity contribution in [3.8, 4) is 0 Å². The van der Waals surface area contributed by atoms with Crippen LogP contribution in [0.25, 0.3) is 0 Å². The Morgan fingerprint density at radius 2 is 1.97 bits per heavy atom. The molecule has 2 aliphatic rings.